The summed E-state index contributed by atoms with van der Waals surface area (Å²) in [6.07, 6.45) is 1.78. The zero-order chi connectivity index (χ0) is 12.3. The number of hydrogen-bond acceptors (Lipinski definition) is 2. The minimum atomic E-state index is 0.479. The molecule has 4 heteroatoms. The number of para-hydroxylation sites is 1. The Morgan fingerprint density at radius 1 is 1.29 bits per heavy atom. The van der Waals surface area contributed by atoms with E-state index in [0.717, 1.165) is 27.1 Å². The first-order chi connectivity index (χ1) is 8.22. The highest BCUT2D eigenvalue weighted by Gasteiger charge is 2.06. The quantitative estimate of drug-likeness (QED) is 0.836. The summed E-state index contributed by atoms with van der Waals surface area (Å²) in [6.45, 7) is 2.03. The fourth-order valence-corrected chi connectivity index (χ4v) is 2.08. The molecular weight excluding hydrogens is 300 g/mol. The maximum Gasteiger partial charge on any atom is 0.144 e. The number of halogens is 2. The fourth-order valence-electron chi connectivity index (χ4n) is 1.51. The molecule has 0 fully saturated rings. The molecule has 0 saturated heterocycles. The van der Waals surface area contributed by atoms with Crippen molar-refractivity contribution < 1.29 is 0 Å². The van der Waals surface area contributed by atoms with Gasteiger partial charge in [-0.1, -0.05) is 18.2 Å². The smallest absolute Gasteiger partial charge is 0.144 e. The van der Waals surface area contributed by atoms with E-state index in [1.165, 1.54) is 0 Å². The van der Waals surface area contributed by atoms with Crippen molar-refractivity contribution in [1.82, 2.24) is 4.98 Å². The van der Waals surface area contributed by atoms with Crippen molar-refractivity contribution >= 4 is 39.0 Å². The molecule has 0 atom stereocenters. The Kier molecular flexibility index (Phi) is 4.02. The Labute approximate surface area is 114 Å². The predicted octanol–water partition coefficient (Wildman–Crippen LogP) is 4.63. The van der Waals surface area contributed by atoms with Gasteiger partial charge in [0.15, 0.2) is 0 Å². The van der Waals surface area contributed by atoms with Crippen molar-refractivity contribution in [2.45, 2.75) is 12.8 Å². The molecule has 0 unspecified atom stereocenters. The second kappa shape index (κ2) is 5.52. The topological polar surface area (TPSA) is 24.9 Å². The van der Waals surface area contributed by atoms with Gasteiger partial charge in [-0.3, -0.25) is 0 Å². The number of alkyl halides is 1. The average molecular weight is 312 g/mol. The first-order valence-electron chi connectivity index (χ1n) is 5.24. The maximum atomic E-state index is 5.90. The number of anilines is 2. The van der Waals surface area contributed by atoms with Gasteiger partial charge in [0.2, 0.25) is 0 Å². The van der Waals surface area contributed by atoms with E-state index < -0.39 is 0 Å². The molecule has 0 spiro atoms. The Morgan fingerprint density at radius 3 is 2.82 bits per heavy atom. The zero-order valence-corrected chi connectivity index (χ0v) is 11.7. The molecule has 0 saturated carbocycles. The van der Waals surface area contributed by atoms with Crippen molar-refractivity contribution in [3.05, 3.63) is 52.1 Å². The molecular formula is C13H12BrClN2. The number of aryl methyl sites for hydroxylation is 1. The molecule has 1 aromatic carbocycles. The molecule has 1 aromatic heterocycles. The van der Waals surface area contributed by atoms with Crippen LogP contribution >= 0.6 is 27.5 Å². The largest absolute Gasteiger partial charge is 0.339 e. The molecule has 0 aliphatic rings. The van der Waals surface area contributed by atoms with Crippen LogP contribution in [0.1, 0.15) is 11.1 Å². The third-order valence-corrected chi connectivity index (χ3v) is 3.79. The van der Waals surface area contributed by atoms with E-state index in [-0.39, 0.29) is 0 Å². The monoisotopic (exact) mass is 310 g/mol. The van der Waals surface area contributed by atoms with Crippen LogP contribution in [0.15, 0.2) is 41.0 Å². The summed E-state index contributed by atoms with van der Waals surface area (Å²) in [6, 6.07) is 9.90. The summed E-state index contributed by atoms with van der Waals surface area (Å²) < 4.78 is 0.976. The third kappa shape index (κ3) is 2.79. The minimum absolute atomic E-state index is 0.479. The van der Waals surface area contributed by atoms with E-state index in [9.17, 15) is 0 Å². The summed E-state index contributed by atoms with van der Waals surface area (Å²) in [5.74, 6) is 1.29. The average Bonchev–Trinajstić information content (AvgIpc) is 2.35. The molecule has 0 aliphatic heterocycles. The molecule has 88 valence electrons. The molecule has 0 amide bonds. The first kappa shape index (κ1) is 12.4. The van der Waals surface area contributed by atoms with Crippen LogP contribution in [0.3, 0.4) is 0 Å². The van der Waals surface area contributed by atoms with E-state index in [2.05, 4.69) is 26.2 Å². The fraction of sp³-hybridized carbons (Fsp3) is 0.154. The highest BCUT2D eigenvalue weighted by atomic mass is 79.9. The molecule has 1 heterocycles. The normalized spacial score (nSPS) is 10.3. The van der Waals surface area contributed by atoms with Crippen molar-refractivity contribution in [1.29, 1.82) is 0 Å². The van der Waals surface area contributed by atoms with Gasteiger partial charge in [0.1, 0.15) is 5.82 Å². The third-order valence-electron chi connectivity index (χ3n) is 2.50. The number of aromatic nitrogens is 1. The van der Waals surface area contributed by atoms with Gasteiger partial charge < -0.3 is 5.32 Å². The molecule has 17 heavy (non-hydrogen) atoms. The van der Waals surface area contributed by atoms with Crippen LogP contribution in [-0.4, -0.2) is 4.98 Å². The Morgan fingerprint density at radius 2 is 2.06 bits per heavy atom. The lowest BCUT2D eigenvalue weighted by Crippen LogP contribution is -1.98. The van der Waals surface area contributed by atoms with E-state index in [4.69, 9.17) is 11.6 Å². The van der Waals surface area contributed by atoms with Crippen LogP contribution in [0.5, 0.6) is 0 Å². The summed E-state index contributed by atoms with van der Waals surface area (Å²) in [5.41, 5.74) is 3.19. The summed E-state index contributed by atoms with van der Waals surface area (Å²) in [7, 11) is 0. The Bertz CT molecular complexity index is 529. The van der Waals surface area contributed by atoms with Gasteiger partial charge >= 0.3 is 0 Å². The lowest BCUT2D eigenvalue weighted by Gasteiger charge is -2.11. The Balaban J connectivity index is 2.35. The van der Waals surface area contributed by atoms with Crippen LogP contribution < -0.4 is 5.32 Å². The second-order valence-electron chi connectivity index (χ2n) is 3.71. The molecule has 0 aliphatic carbocycles. The van der Waals surface area contributed by atoms with Crippen LogP contribution in [-0.2, 0) is 5.88 Å². The molecule has 0 radical (unpaired) electrons. The van der Waals surface area contributed by atoms with Gasteiger partial charge in [-0.05, 0) is 46.1 Å². The lowest BCUT2D eigenvalue weighted by molar-refractivity contribution is 1.24. The standard InChI is InChI=1S/C13H12BrClN2/c1-9-6-7-16-13(12(9)14)17-11-5-3-2-4-10(11)8-15/h2-7H,8H2,1H3,(H,16,17). The van der Waals surface area contributed by atoms with Gasteiger partial charge in [-0.2, -0.15) is 0 Å². The highest BCUT2D eigenvalue weighted by Crippen LogP contribution is 2.28. The molecule has 0 bridgehead atoms. The lowest BCUT2D eigenvalue weighted by atomic mass is 10.2. The SMILES string of the molecule is Cc1ccnc(Nc2ccccc2CCl)c1Br. The van der Waals surface area contributed by atoms with E-state index in [1.54, 1.807) is 6.20 Å². The van der Waals surface area contributed by atoms with Crippen molar-refractivity contribution in [3.63, 3.8) is 0 Å². The van der Waals surface area contributed by atoms with E-state index >= 15 is 0 Å². The van der Waals surface area contributed by atoms with Gasteiger partial charge in [0, 0.05) is 17.8 Å². The van der Waals surface area contributed by atoms with E-state index in [0.29, 0.717) is 5.88 Å². The number of nitrogens with one attached hydrogen (secondary N) is 1. The highest BCUT2D eigenvalue weighted by molar-refractivity contribution is 9.10. The van der Waals surface area contributed by atoms with Gasteiger partial charge in [-0.15, -0.1) is 11.6 Å². The van der Waals surface area contributed by atoms with E-state index in [1.807, 2.05) is 37.3 Å². The summed E-state index contributed by atoms with van der Waals surface area (Å²) in [4.78, 5) is 4.31. The minimum Gasteiger partial charge on any atom is -0.339 e. The van der Waals surface area contributed by atoms with Crippen molar-refractivity contribution in [2.24, 2.45) is 0 Å². The summed E-state index contributed by atoms with van der Waals surface area (Å²) >= 11 is 9.42. The van der Waals surface area contributed by atoms with Gasteiger partial charge in [-0.25, -0.2) is 4.98 Å². The van der Waals surface area contributed by atoms with Crippen molar-refractivity contribution in [2.75, 3.05) is 5.32 Å². The number of hydrogen-bond donors (Lipinski definition) is 1. The number of pyridine rings is 1. The number of nitrogens with zero attached hydrogens (tertiary/aromatic N) is 1. The first-order valence-corrected chi connectivity index (χ1v) is 6.57. The molecule has 2 aromatic rings. The number of benzene rings is 1. The molecule has 1 N–H and O–H groups in total. The van der Waals surface area contributed by atoms with Crippen LogP contribution in [0.2, 0.25) is 0 Å². The maximum absolute atomic E-state index is 5.90. The van der Waals surface area contributed by atoms with Gasteiger partial charge in [0.25, 0.3) is 0 Å². The molecule has 2 rings (SSSR count). The van der Waals surface area contributed by atoms with Crippen LogP contribution in [0, 0.1) is 6.92 Å². The van der Waals surface area contributed by atoms with Crippen molar-refractivity contribution in [3.8, 4) is 0 Å². The van der Waals surface area contributed by atoms with Crippen LogP contribution in [0.25, 0.3) is 0 Å². The second-order valence-corrected chi connectivity index (χ2v) is 4.77. The van der Waals surface area contributed by atoms with Crippen LogP contribution in [0.4, 0.5) is 11.5 Å². The Hall–Kier alpha value is -1.06. The summed E-state index contributed by atoms with van der Waals surface area (Å²) in [5, 5.41) is 3.29. The zero-order valence-electron chi connectivity index (χ0n) is 9.37. The number of rotatable bonds is 3. The molecule has 2 nitrogen and oxygen atoms in total. The van der Waals surface area contributed by atoms with Gasteiger partial charge in [0.05, 0.1) is 4.47 Å². The predicted molar refractivity (Wildman–Crippen MR) is 76.0 cm³/mol.